The first-order chi connectivity index (χ1) is 16.6. The molecule has 6 heteroatoms. The lowest BCUT2D eigenvalue weighted by molar-refractivity contribution is -0.292. The Morgan fingerprint density at radius 2 is 1.47 bits per heavy atom. The first kappa shape index (κ1) is 27.1. The summed E-state index contributed by atoms with van der Waals surface area (Å²) in [6, 6.07) is 0. The molecule has 4 fully saturated rings. The van der Waals surface area contributed by atoms with Crippen LogP contribution in [0.4, 0.5) is 0 Å². The molecule has 0 aromatic rings. The van der Waals surface area contributed by atoms with Crippen LogP contribution in [0.1, 0.15) is 86.5 Å². The third-order valence-corrected chi connectivity index (χ3v) is 13.3. The summed E-state index contributed by atoms with van der Waals surface area (Å²) in [7, 11) is 0. The lowest BCUT2D eigenvalue weighted by atomic mass is 9.32. The van der Waals surface area contributed by atoms with Crippen LogP contribution < -0.4 is 0 Å². The molecule has 5 rings (SSSR count). The quantitative estimate of drug-likeness (QED) is 0.320. The zero-order valence-corrected chi connectivity index (χ0v) is 23.2. The van der Waals surface area contributed by atoms with Crippen LogP contribution in [0.2, 0.25) is 0 Å². The largest absolute Gasteiger partial charge is 0.396 e. The Kier molecular flexibility index (Phi) is 6.03. The van der Waals surface area contributed by atoms with E-state index in [-0.39, 0.29) is 47.2 Å². The van der Waals surface area contributed by atoms with Gasteiger partial charge in [-0.05, 0) is 78.9 Å². The molecule has 0 bridgehead atoms. The van der Waals surface area contributed by atoms with E-state index in [9.17, 15) is 30.6 Å². The fraction of sp³-hybridized carbons (Fsp3) is 0.933. The molecule has 0 radical (unpaired) electrons. The number of aliphatic hydroxyl groups is 6. The SMILES string of the molecule is CC1(C)CC[C@@]2(CO)[C@@H](C1)C1=CC[C@@H]3[C@@]4(C)CC[C@H](O)C(C)(C)[C@@H]4C[C@H](O)[C@@]3(C)[C@]1(CO)[C@@H](O)[C@@H]2O. The molecule has 4 saturated carbocycles. The Morgan fingerprint density at radius 1 is 0.806 bits per heavy atom. The van der Waals surface area contributed by atoms with Crippen molar-refractivity contribution in [3.8, 4) is 0 Å². The van der Waals surface area contributed by atoms with Crippen molar-refractivity contribution in [3.05, 3.63) is 11.6 Å². The average Bonchev–Trinajstić information content (AvgIpc) is 2.82. The predicted molar refractivity (Wildman–Crippen MR) is 138 cm³/mol. The highest BCUT2D eigenvalue weighted by molar-refractivity contribution is 5.39. The summed E-state index contributed by atoms with van der Waals surface area (Å²) >= 11 is 0. The third kappa shape index (κ3) is 2.95. The summed E-state index contributed by atoms with van der Waals surface area (Å²) in [5, 5.41) is 68.7. The molecule has 0 spiro atoms. The highest BCUT2D eigenvalue weighted by Crippen LogP contribution is 2.75. The number of fused-ring (bicyclic) bond motifs is 7. The summed E-state index contributed by atoms with van der Waals surface area (Å²) in [6.45, 7) is 12.4. The zero-order chi connectivity index (χ0) is 26.7. The maximum Gasteiger partial charge on any atom is 0.0927 e. The molecular formula is C30H50O6. The topological polar surface area (TPSA) is 121 Å². The van der Waals surface area contributed by atoms with Crippen molar-refractivity contribution in [2.75, 3.05) is 13.2 Å². The molecule has 11 atom stereocenters. The van der Waals surface area contributed by atoms with E-state index in [1.165, 1.54) is 0 Å². The Hall–Kier alpha value is -0.500. The van der Waals surface area contributed by atoms with Crippen molar-refractivity contribution in [1.29, 1.82) is 0 Å². The smallest absolute Gasteiger partial charge is 0.0927 e. The molecule has 0 aliphatic heterocycles. The second-order valence-corrected chi connectivity index (χ2v) is 15.2. The Morgan fingerprint density at radius 3 is 2.08 bits per heavy atom. The molecule has 0 aromatic heterocycles. The molecule has 6 N–H and O–H groups in total. The van der Waals surface area contributed by atoms with Crippen molar-refractivity contribution in [3.63, 3.8) is 0 Å². The molecule has 0 aromatic carbocycles. The van der Waals surface area contributed by atoms with Gasteiger partial charge in [0.05, 0.1) is 43.0 Å². The van der Waals surface area contributed by atoms with Gasteiger partial charge in [0.1, 0.15) is 0 Å². The van der Waals surface area contributed by atoms with Crippen LogP contribution in [-0.4, -0.2) is 68.3 Å². The van der Waals surface area contributed by atoms with Gasteiger partial charge in [-0.15, -0.1) is 0 Å². The van der Waals surface area contributed by atoms with Gasteiger partial charge >= 0.3 is 0 Å². The lowest BCUT2D eigenvalue weighted by Gasteiger charge is -2.74. The second kappa shape index (κ2) is 8.02. The third-order valence-electron chi connectivity index (χ3n) is 13.3. The van der Waals surface area contributed by atoms with E-state index in [4.69, 9.17) is 0 Å². The average molecular weight is 507 g/mol. The maximum atomic E-state index is 12.0. The van der Waals surface area contributed by atoms with Crippen molar-refractivity contribution >= 4 is 0 Å². The second-order valence-electron chi connectivity index (χ2n) is 15.2. The fourth-order valence-corrected chi connectivity index (χ4v) is 10.9. The van der Waals surface area contributed by atoms with E-state index in [1.807, 2.05) is 6.92 Å². The molecule has 5 aliphatic carbocycles. The molecular weight excluding hydrogens is 456 g/mol. The van der Waals surface area contributed by atoms with Gasteiger partial charge in [-0.1, -0.05) is 53.2 Å². The van der Waals surface area contributed by atoms with Crippen molar-refractivity contribution < 1.29 is 30.6 Å². The van der Waals surface area contributed by atoms with Crippen LogP contribution in [0.25, 0.3) is 0 Å². The number of hydrogen-bond donors (Lipinski definition) is 6. The standard InChI is InChI=1S/C30H50O6/c1-25(2)11-12-29(15-31)18(14-25)17-7-8-19-27(5)10-9-21(33)26(3,4)20(27)13-22(34)28(19,6)30(17,16-32)24(36)23(29)35/h7,18-24,31-36H,8-16H2,1-6H3/t18-,19+,20-,21-,22-,23-,24-,27+,28-,29+,30-/m0/s1. The van der Waals surface area contributed by atoms with Crippen molar-refractivity contribution in [2.24, 2.45) is 50.2 Å². The van der Waals surface area contributed by atoms with E-state index < -0.39 is 40.7 Å². The minimum atomic E-state index is -1.29. The number of hydrogen-bond acceptors (Lipinski definition) is 6. The summed E-state index contributed by atoms with van der Waals surface area (Å²) in [5.41, 5.74) is -2.49. The van der Waals surface area contributed by atoms with Crippen LogP contribution >= 0.6 is 0 Å². The summed E-state index contributed by atoms with van der Waals surface area (Å²) in [5.74, 6) is -0.0956. The molecule has 206 valence electrons. The van der Waals surface area contributed by atoms with Crippen LogP contribution in [0, 0.1) is 50.2 Å². The highest BCUT2D eigenvalue weighted by atomic mass is 16.3. The highest BCUT2D eigenvalue weighted by Gasteiger charge is 2.76. The van der Waals surface area contributed by atoms with E-state index in [0.29, 0.717) is 19.3 Å². The number of allylic oxidation sites excluding steroid dienone is 1. The van der Waals surface area contributed by atoms with Gasteiger partial charge < -0.3 is 30.6 Å². The van der Waals surface area contributed by atoms with Crippen LogP contribution in [0.3, 0.4) is 0 Å². The van der Waals surface area contributed by atoms with Crippen LogP contribution in [0.15, 0.2) is 11.6 Å². The van der Waals surface area contributed by atoms with Gasteiger partial charge in [-0.25, -0.2) is 0 Å². The minimum absolute atomic E-state index is 0.0108. The molecule has 36 heavy (non-hydrogen) atoms. The molecule has 5 aliphatic rings. The maximum absolute atomic E-state index is 12.0. The normalized spacial score (nSPS) is 55.4. The zero-order valence-electron chi connectivity index (χ0n) is 23.2. The minimum Gasteiger partial charge on any atom is -0.396 e. The predicted octanol–water partition coefficient (Wildman–Crippen LogP) is 3.03. The van der Waals surface area contributed by atoms with Gasteiger partial charge in [0.2, 0.25) is 0 Å². The van der Waals surface area contributed by atoms with Gasteiger partial charge in [-0.3, -0.25) is 0 Å². The van der Waals surface area contributed by atoms with Crippen molar-refractivity contribution in [1.82, 2.24) is 0 Å². The van der Waals surface area contributed by atoms with Crippen LogP contribution in [-0.2, 0) is 0 Å². The Bertz CT molecular complexity index is 928. The molecule has 0 unspecified atom stereocenters. The molecule has 0 amide bonds. The van der Waals surface area contributed by atoms with E-state index >= 15 is 0 Å². The monoisotopic (exact) mass is 506 g/mol. The van der Waals surface area contributed by atoms with E-state index in [1.54, 1.807) is 0 Å². The number of aliphatic hydroxyl groups excluding tert-OH is 6. The summed E-state index contributed by atoms with van der Waals surface area (Å²) < 4.78 is 0. The summed E-state index contributed by atoms with van der Waals surface area (Å²) in [6.07, 6.45) is 3.49. The number of rotatable bonds is 2. The molecule has 0 saturated heterocycles. The van der Waals surface area contributed by atoms with Gasteiger partial charge in [0, 0.05) is 10.8 Å². The van der Waals surface area contributed by atoms with E-state index in [2.05, 4.69) is 40.7 Å². The Balaban J connectivity index is 1.72. The van der Waals surface area contributed by atoms with E-state index in [0.717, 1.165) is 31.3 Å². The first-order valence-electron chi connectivity index (χ1n) is 14.2. The molecule has 6 nitrogen and oxygen atoms in total. The fourth-order valence-electron chi connectivity index (χ4n) is 10.9. The lowest BCUT2D eigenvalue weighted by Crippen LogP contribution is -2.76. The van der Waals surface area contributed by atoms with Gasteiger partial charge in [-0.2, -0.15) is 0 Å². The van der Waals surface area contributed by atoms with Gasteiger partial charge in [0.25, 0.3) is 0 Å². The van der Waals surface area contributed by atoms with Gasteiger partial charge in [0.15, 0.2) is 0 Å². The Labute approximate surface area is 216 Å². The van der Waals surface area contributed by atoms with Crippen LogP contribution in [0.5, 0.6) is 0 Å². The first-order valence-corrected chi connectivity index (χ1v) is 14.2. The van der Waals surface area contributed by atoms with Crippen molar-refractivity contribution in [2.45, 2.75) is 111 Å². The summed E-state index contributed by atoms with van der Waals surface area (Å²) in [4.78, 5) is 0. The molecule has 0 heterocycles.